The molecule has 2 aliphatic heterocycles. The lowest BCUT2D eigenvalue weighted by molar-refractivity contribution is 0.0517. The molecular formula is C41H42Cl3N5O3Si. The Bertz CT molecular complexity index is 2120. The Hall–Kier alpha value is -3.99. The van der Waals surface area contributed by atoms with Crippen LogP contribution in [0.4, 0.5) is 0 Å². The summed E-state index contributed by atoms with van der Waals surface area (Å²) >= 11 is 18.8. The minimum atomic E-state index is -2.93. The normalized spacial score (nSPS) is 18.1. The molecule has 0 aliphatic carbocycles. The third kappa shape index (κ3) is 6.83. The topological polar surface area (TPSA) is 80.6 Å². The number of amides is 2. The highest BCUT2D eigenvalue weighted by atomic mass is 35.5. The Balaban J connectivity index is 1.32. The first-order valence-corrected chi connectivity index (χ1v) is 20.9. The van der Waals surface area contributed by atoms with Gasteiger partial charge in [0.2, 0.25) is 0 Å². The first-order chi connectivity index (χ1) is 25.3. The van der Waals surface area contributed by atoms with Crippen molar-refractivity contribution in [3.05, 3.63) is 140 Å². The second-order valence-electron chi connectivity index (χ2n) is 15.0. The molecule has 7 rings (SSSR count). The summed E-state index contributed by atoms with van der Waals surface area (Å²) in [6.07, 6.45) is 0.489. The van der Waals surface area contributed by atoms with Gasteiger partial charge in [0.1, 0.15) is 10.8 Å². The number of aromatic nitrogens is 3. The zero-order chi connectivity index (χ0) is 37.7. The highest BCUT2D eigenvalue weighted by Crippen LogP contribution is 2.40. The summed E-state index contributed by atoms with van der Waals surface area (Å²) in [5.74, 6) is -0.365. The van der Waals surface area contributed by atoms with Gasteiger partial charge < -0.3 is 14.2 Å². The molecule has 0 fully saturated rings. The minimum Gasteiger partial charge on any atom is -0.405 e. The Labute approximate surface area is 326 Å². The molecule has 2 aliphatic rings. The Morgan fingerprint density at radius 1 is 0.925 bits per heavy atom. The number of pyridine rings is 1. The summed E-state index contributed by atoms with van der Waals surface area (Å²) < 4.78 is 9.33. The molecule has 0 bridgehead atoms. The molecule has 53 heavy (non-hydrogen) atoms. The van der Waals surface area contributed by atoms with E-state index in [0.29, 0.717) is 51.7 Å². The zero-order valence-corrected chi connectivity index (χ0v) is 33.7. The number of fused-ring (bicyclic) bond motifs is 3. The fraction of sp³-hybridized carbons (Fsp3) is 0.317. The lowest BCUT2D eigenvalue weighted by Gasteiger charge is -2.45. The molecule has 0 N–H and O–H groups in total. The van der Waals surface area contributed by atoms with E-state index in [1.54, 1.807) is 29.2 Å². The number of benzene rings is 3. The number of halogens is 3. The molecular weight excluding hydrogens is 745 g/mol. The number of carbonyl (C=O) groups is 2. The van der Waals surface area contributed by atoms with Crippen LogP contribution in [0.25, 0.3) is 0 Å². The fourth-order valence-corrected chi connectivity index (χ4v) is 13.0. The van der Waals surface area contributed by atoms with Crippen molar-refractivity contribution < 1.29 is 14.0 Å². The number of rotatable bonds is 8. The molecule has 0 spiro atoms. The number of nitrogens with zero attached hydrogens (tertiary/aromatic N) is 5. The molecule has 0 radical (unpaired) electrons. The maximum absolute atomic E-state index is 14.7. The van der Waals surface area contributed by atoms with Crippen LogP contribution < -0.4 is 10.4 Å². The van der Waals surface area contributed by atoms with Gasteiger partial charge in [-0.25, -0.2) is 4.98 Å². The van der Waals surface area contributed by atoms with Gasteiger partial charge in [-0.1, -0.05) is 122 Å². The lowest BCUT2D eigenvalue weighted by atomic mass is 9.97. The predicted octanol–water partition coefficient (Wildman–Crippen LogP) is 8.16. The highest BCUT2D eigenvalue weighted by Gasteiger charge is 2.51. The van der Waals surface area contributed by atoms with Gasteiger partial charge in [-0.3, -0.25) is 14.3 Å². The van der Waals surface area contributed by atoms with Crippen LogP contribution in [0.15, 0.2) is 97.1 Å². The van der Waals surface area contributed by atoms with Gasteiger partial charge in [-0.05, 0) is 59.6 Å². The van der Waals surface area contributed by atoms with Gasteiger partial charge in [0.15, 0.2) is 0 Å². The van der Waals surface area contributed by atoms with E-state index in [0.717, 1.165) is 11.3 Å². The number of hydrogen-bond acceptors (Lipinski definition) is 5. The van der Waals surface area contributed by atoms with Crippen LogP contribution in [-0.2, 0) is 17.4 Å². The maximum Gasteiger partial charge on any atom is 0.273 e. The van der Waals surface area contributed by atoms with Crippen molar-refractivity contribution in [2.24, 2.45) is 0 Å². The second-order valence-corrected chi connectivity index (χ2v) is 20.5. The smallest absolute Gasteiger partial charge is 0.273 e. The van der Waals surface area contributed by atoms with Crippen molar-refractivity contribution in [2.75, 3.05) is 13.2 Å². The van der Waals surface area contributed by atoms with Crippen LogP contribution in [0.3, 0.4) is 0 Å². The summed E-state index contributed by atoms with van der Waals surface area (Å²) in [6, 6.07) is 30.5. The Kier molecular flexibility index (Phi) is 10.3. The van der Waals surface area contributed by atoms with E-state index in [1.807, 2.05) is 47.7 Å². The van der Waals surface area contributed by atoms with Gasteiger partial charge in [-0.2, -0.15) is 5.10 Å². The quantitative estimate of drug-likeness (QED) is 0.117. The minimum absolute atomic E-state index is 0.172. The van der Waals surface area contributed by atoms with Crippen LogP contribution in [0, 0.1) is 0 Å². The van der Waals surface area contributed by atoms with Gasteiger partial charge in [-0.15, -0.1) is 0 Å². The maximum atomic E-state index is 14.7. The molecule has 0 saturated carbocycles. The molecule has 3 atom stereocenters. The summed E-state index contributed by atoms with van der Waals surface area (Å²) in [6.45, 7) is 11.6. The van der Waals surface area contributed by atoms with Gasteiger partial charge in [0.25, 0.3) is 20.1 Å². The van der Waals surface area contributed by atoms with E-state index in [4.69, 9.17) is 44.3 Å². The van der Waals surface area contributed by atoms with Gasteiger partial charge >= 0.3 is 0 Å². The van der Waals surface area contributed by atoms with Crippen molar-refractivity contribution in [3.8, 4) is 0 Å². The standard InChI is InChI=1S/C41H42Cl3N5O3Si/c1-26-21-36-32(24-47(26)39(50)28-19-20-33(42)34(43)22-28)38-40(51)48(27(2)35-17-12-18-37(44)45-35)23-29(49(38)46-36)25-52-53(41(3,4)5,30-13-8-6-9-14-30)31-15-10-7-11-16-31/h6-20,22,26-27,29H,21,23-25H2,1-5H3/t26-,27?,29+/m1/s1. The fourth-order valence-electron chi connectivity index (χ4n) is 7.90. The van der Waals surface area contributed by atoms with Crippen LogP contribution in [0.5, 0.6) is 0 Å². The largest absolute Gasteiger partial charge is 0.405 e. The lowest BCUT2D eigenvalue weighted by Crippen LogP contribution is -2.67. The first-order valence-electron chi connectivity index (χ1n) is 17.8. The van der Waals surface area contributed by atoms with Crippen LogP contribution in [-0.4, -0.2) is 63.9 Å². The molecule has 4 heterocycles. The molecule has 12 heteroatoms. The van der Waals surface area contributed by atoms with Crippen molar-refractivity contribution in [1.82, 2.24) is 24.6 Å². The summed E-state index contributed by atoms with van der Waals surface area (Å²) in [5, 5.41) is 8.29. The molecule has 3 aromatic carbocycles. The van der Waals surface area contributed by atoms with E-state index in [-0.39, 0.29) is 35.5 Å². The first kappa shape index (κ1) is 37.3. The molecule has 1 unspecified atom stereocenters. The van der Waals surface area contributed by atoms with Crippen LogP contribution in [0.2, 0.25) is 20.2 Å². The Morgan fingerprint density at radius 2 is 1.58 bits per heavy atom. The average Bonchev–Trinajstić information content (AvgIpc) is 3.52. The molecule has 5 aromatic rings. The third-order valence-electron chi connectivity index (χ3n) is 10.6. The SMILES string of the molecule is CC(c1cccc(Cl)n1)N1C[C@@H](CO[Si](c2ccccc2)(c2ccccc2)C(C)(C)C)n2nc3c(c2C1=O)CN(C(=O)c1ccc(Cl)c(Cl)c1)[C@H](C)C3. The molecule has 8 nitrogen and oxygen atoms in total. The highest BCUT2D eigenvalue weighted by molar-refractivity contribution is 6.99. The van der Waals surface area contributed by atoms with E-state index in [9.17, 15) is 9.59 Å². The molecule has 2 aromatic heterocycles. The molecule has 274 valence electrons. The van der Waals surface area contributed by atoms with E-state index in [1.165, 1.54) is 10.4 Å². The monoisotopic (exact) mass is 785 g/mol. The average molecular weight is 787 g/mol. The van der Waals surface area contributed by atoms with Crippen molar-refractivity contribution in [2.45, 2.75) is 70.7 Å². The van der Waals surface area contributed by atoms with Crippen molar-refractivity contribution >= 4 is 65.3 Å². The summed E-state index contributed by atoms with van der Waals surface area (Å²) in [7, 11) is -2.93. The van der Waals surface area contributed by atoms with Crippen molar-refractivity contribution in [1.29, 1.82) is 0 Å². The second kappa shape index (κ2) is 14.7. The van der Waals surface area contributed by atoms with Gasteiger partial charge in [0, 0.05) is 30.1 Å². The summed E-state index contributed by atoms with van der Waals surface area (Å²) in [5.41, 5.74) is 3.14. The van der Waals surface area contributed by atoms with Crippen LogP contribution in [0.1, 0.15) is 84.5 Å². The molecule has 2 amide bonds. The molecule has 0 saturated heterocycles. The number of carbonyl (C=O) groups excluding carboxylic acids is 2. The van der Waals surface area contributed by atoms with E-state index in [2.05, 4.69) is 74.3 Å². The Morgan fingerprint density at radius 3 is 2.19 bits per heavy atom. The zero-order valence-electron chi connectivity index (χ0n) is 30.4. The van der Waals surface area contributed by atoms with Crippen molar-refractivity contribution in [3.63, 3.8) is 0 Å². The van der Waals surface area contributed by atoms with E-state index < -0.39 is 14.4 Å². The van der Waals surface area contributed by atoms with Crippen LogP contribution >= 0.6 is 34.8 Å². The third-order valence-corrected chi connectivity index (χ3v) is 16.6. The summed E-state index contributed by atoms with van der Waals surface area (Å²) in [4.78, 5) is 36.9. The van der Waals surface area contributed by atoms with E-state index >= 15 is 0 Å². The predicted molar refractivity (Wildman–Crippen MR) is 213 cm³/mol. The van der Waals surface area contributed by atoms with Gasteiger partial charge in [0.05, 0.1) is 46.7 Å². The number of hydrogen-bond donors (Lipinski definition) is 0.